The summed E-state index contributed by atoms with van der Waals surface area (Å²) < 4.78 is 5.37. The maximum Gasteiger partial charge on any atom is 0.295 e. The van der Waals surface area contributed by atoms with Gasteiger partial charge in [-0.05, 0) is 50.8 Å². The summed E-state index contributed by atoms with van der Waals surface area (Å²) in [7, 11) is 5.29. The maximum absolute atomic E-state index is 13.0. The Kier molecular flexibility index (Phi) is 5.98. The van der Waals surface area contributed by atoms with E-state index in [0.717, 1.165) is 5.56 Å². The number of aryl methyl sites for hydroxylation is 1. The minimum atomic E-state index is -0.702. The van der Waals surface area contributed by atoms with E-state index in [9.17, 15) is 14.7 Å². The maximum atomic E-state index is 13.0. The third-order valence-electron chi connectivity index (χ3n) is 4.96. The van der Waals surface area contributed by atoms with Crippen LogP contribution in [0.3, 0.4) is 0 Å². The van der Waals surface area contributed by atoms with Gasteiger partial charge in [0.15, 0.2) is 0 Å². The number of carbonyl (C=O) groups is 2. The Labute approximate surface area is 170 Å². The normalized spacial score (nSPS) is 18.5. The van der Waals surface area contributed by atoms with E-state index in [0.29, 0.717) is 30.0 Å². The molecule has 3 rings (SSSR count). The fraction of sp³-hybridized carbons (Fsp3) is 0.318. The van der Waals surface area contributed by atoms with E-state index in [1.807, 2.05) is 32.0 Å². The molecule has 1 amide bonds. The Morgan fingerprint density at radius 2 is 1.90 bits per heavy atom. The molecule has 1 atom stereocenters. The van der Waals surface area contributed by atoms with E-state index in [-0.39, 0.29) is 11.3 Å². The highest BCUT2D eigenvalue weighted by molar-refractivity contribution is 6.46. The summed E-state index contributed by atoms with van der Waals surface area (Å²) >= 11 is 0. The number of Topliss-reactive ketones (excluding diaryl/α,β-unsaturated/α-hetero) is 1. The van der Waals surface area contributed by atoms with E-state index >= 15 is 0 Å². The van der Waals surface area contributed by atoms with Gasteiger partial charge in [0.2, 0.25) is 0 Å². The van der Waals surface area contributed by atoms with Gasteiger partial charge in [-0.25, -0.2) is 0 Å². The third kappa shape index (κ3) is 4.00. The summed E-state index contributed by atoms with van der Waals surface area (Å²) in [6.45, 7) is 2.82. The summed E-state index contributed by atoms with van der Waals surface area (Å²) in [5.41, 5.74) is 2.06. The minimum Gasteiger partial charge on any atom is -0.507 e. The van der Waals surface area contributed by atoms with Crippen LogP contribution in [-0.2, 0) is 9.59 Å². The van der Waals surface area contributed by atoms with Crippen LogP contribution in [0.1, 0.15) is 22.7 Å². The van der Waals surface area contributed by atoms with Gasteiger partial charge in [0.05, 0.1) is 24.3 Å². The van der Waals surface area contributed by atoms with Crippen molar-refractivity contribution in [2.45, 2.75) is 13.0 Å². The molecule has 1 unspecified atom stereocenters. The van der Waals surface area contributed by atoms with Gasteiger partial charge < -0.3 is 19.6 Å². The molecule has 0 spiro atoms. The highest BCUT2D eigenvalue weighted by atomic mass is 16.5. The largest absolute Gasteiger partial charge is 0.507 e. The van der Waals surface area contributed by atoms with Crippen LogP contribution in [0.2, 0.25) is 0 Å². The van der Waals surface area contributed by atoms with Crippen LogP contribution in [0, 0.1) is 6.92 Å². The van der Waals surface area contributed by atoms with Gasteiger partial charge in [-0.1, -0.05) is 11.6 Å². The zero-order valence-electron chi connectivity index (χ0n) is 17.0. The van der Waals surface area contributed by atoms with Gasteiger partial charge in [0.25, 0.3) is 11.7 Å². The van der Waals surface area contributed by atoms with Crippen molar-refractivity contribution in [3.8, 4) is 5.75 Å². The number of aromatic nitrogens is 1. The zero-order chi connectivity index (χ0) is 21.1. The fourth-order valence-corrected chi connectivity index (χ4v) is 3.46. The van der Waals surface area contributed by atoms with Gasteiger partial charge >= 0.3 is 0 Å². The van der Waals surface area contributed by atoms with Crippen molar-refractivity contribution < 1.29 is 19.4 Å². The number of hydrogen-bond acceptors (Lipinski definition) is 6. The lowest BCUT2D eigenvalue weighted by molar-refractivity contribution is -0.140. The van der Waals surface area contributed by atoms with E-state index in [4.69, 9.17) is 4.74 Å². The lowest BCUT2D eigenvalue weighted by atomic mass is 9.95. The second-order valence-corrected chi connectivity index (χ2v) is 7.28. The number of carbonyl (C=O) groups excluding carboxylic acids is 2. The number of ether oxygens (including phenoxy) is 1. The molecule has 152 valence electrons. The molecule has 2 aromatic rings. The molecule has 2 heterocycles. The second kappa shape index (κ2) is 8.45. The first kappa shape index (κ1) is 20.5. The number of likely N-dealkylation sites (tertiary alicyclic amines) is 1. The Morgan fingerprint density at radius 3 is 2.52 bits per heavy atom. The zero-order valence-corrected chi connectivity index (χ0v) is 17.0. The summed E-state index contributed by atoms with van der Waals surface area (Å²) in [6, 6.07) is 8.13. The standard InChI is InChI=1S/C22H25N3O4/c1-14-5-6-17(29-4)16(13-14)20(26)18-19(15-7-9-23-10-8-15)25(12-11-24(2)3)22(28)21(18)27/h5-10,13,19,26H,11-12H2,1-4H3/b20-18+. The smallest absolute Gasteiger partial charge is 0.295 e. The molecule has 1 aliphatic heterocycles. The van der Waals surface area contributed by atoms with E-state index in [1.165, 1.54) is 12.0 Å². The number of hydrogen-bond donors (Lipinski definition) is 1. The second-order valence-electron chi connectivity index (χ2n) is 7.28. The van der Waals surface area contributed by atoms with Crippen molar-refractivity contribution in [2.24, 2.45) is 0 Å². The van der Waals surface area contributed by atoms with Gasteiger partial charge in [-0.2, -0.15) is 0 Å². The van der Waals surface area contributed by atoms with Crippen LogP contribution < -0.4 is 4.74 Å². The number of likely N-dealkylation sites (N-methyl/N-ethyl adjacent to an activating group) is 1. The number of aliphatic hydroxyl groups excluding tert-OH is 1. The SMILES string of the molecule is COc1ccc(C)cc1/C(O)=C1\C(=O)C(=O)N(CCN(C)C)C1c1ccncc1. The Hall–Kier alpha value is -3.19. The van der Waals surface area contributed by atoms with E-state index in [2.05, 4.69) is 4.98 Å². The third-order valence-corrected chi connectivity index (χ3v) is 4.96. The molecular formula is C22H25N3O4. The first-order chi connectivity index (χ1) is 13.8. The number of nitrogens with zero attached hydrogens (tertiary/aromatic N) is 3. The van der Waals surface area contributed by atoms with Crippen LogP contribution in [-0.4, -0.2) is 65.9 Å². The number of benzene rings is 1. The molecule has 1 saturated heterocycles. The number of rotatable bonds is 6. The first-order valence-corrected chi connectivity index (χ1v) is 9.33. The van der Waals surface area contributed by atoms with Crippen molar-refractivity contribution in [1.29, 1.82) is 0 Å². The minimum absolute atomic E-state index is 0.0591. The molecule has 7 heteroatoms. The summed E-state index contributed by atoms with van der Waals surface area (Å²) in [5, 5.41) is 11.1. The number of amides is 1. The number of methoxy groups -OCH3 is 1. The van der Waals surface area contributed by atoms with E-state index in [1.54, 1.807) is 36.7 Å². The quantitative estimate of drug-likeness (QED) is 0.459. The highest BCUT2D eigenvalue weighted by Crippen LogP contribution is 2.40. The average Bonchev–Trinajstić information content (AvgIpc) is 2.97. The van der Waals surface area contributed by atoms with Crippen LogP contribution in [0.25, 0.3) is 5.76 Å². The lowest BCUT2D eigenvalue weighted by Crippen LogP contribution is -2.35. The molecule has 0 radical (unpaired) electrons. The van der Waals surface area contributed by atoms with Crippen molar-refractivity contribution in [3.63, 3.8) is 0 Å². The molecule has 29 heavy (non-hydrogen) atoms. The number of pyridine rings is 1. The van der Waals surface area contributed by atoms with Crippen molar-refractivity contribution in [3.05, 3.63) is 65.0 Å². The Balaban J connectivity index is 2.19. The van der Waals surface area contributed by atoms with Crippen molar-refractivity contribution in [1.82, 2.24) is 14.8 Å². The van der Waals surface area contributed by atoms with Gasteiger partial charge in [-0.3, -0.25) is 14.6 Å². The monoisotopic (exact) mass is 395 g/mol. The van der Waals surface area contributed by atoms with Gasteiger partial charge in [0.1, 0.15) is 11.5 Å². The van der Waals surface area contributed by atoms with Crippen LogP contribution in [0.5, 0.6) is 5.75 Å². The lowest BCUT2D eigenvalue weighted by Gasteiger charge is -2.26. The Morgan fingerprint density at radius 1 is 1.21 bits per heavy atom. The highest BCUT2D eigenvalue weighted by Gasteiger charge is 2.46. The average molecular weight is 395 g/mol. The van der Waals surface area contributed by atoms with Crippen LogP contribution in [0.15, 0.2) is 48.3 Å². The molecule has 0 bridgehead atoms. The molecule has 1 fully saturated rings. The molecule has 1 aromatic heterocycles. The molecule has 0 saturated carbocycles. The summed E-state index contributed by atoms with van der Waals surface area (Å²) in [5.74, 6) is -1.13. The first-order valence-electron chi connectivity index (χ1n) is 9.33. The molecule has 0 aliphatic carbocycles. The van der Waals surface area contributed by atoms with Crippen molar-refractivity contribution >= 4 is 17.4 Å². The predicted octanol–water partition coefficient (Wildman–Crippen LogP) is 2.38. The molecule has 1 aliphatic rings. The number of ketones is 1. The number of aliphatic hydroxyl groups is 1. The predicted molar refractivity (Wildman–Crippen MR) is 110 cm³/mol. The Bertz CT molecular complexity index is 954. The molecule has 1 aromatic carbocycles. The molecular weight excluding hydrogens is 370 g/mol. The molecule has 7 nitrogen and oxygen atoms in total. The fourth-order valence-electron chi connectivity index (χ4n) is 3.46. The topological polar surface area (TPSA) is 83.0 Å². The molecule has 1 N–H and O–H groups in total. The summed E-state index contributed by atoms with van der Waals surface area (Å²) in [6.07, 6.45) is 3.21. The van der Waals surface area contributed by atoms with Crippen molar-refractivity contribution in [2.75, 3.05) is 34.3 Å². The van der Waals surface area contributed by atoms with Crippen LogP contribution >= 0.6 is 0 Å². The van der Waals surface area contributed by atoms with E-state index < -0.39 is 17.7 Å². The van der Waals surface area contributed by atoms with Crippen LogP contribution in [0.4, 0.5) is 0 Å². The van der Waals surface area contributed by atoms with Gasteiger partial charge in [-0.15, -0.1) is 0 Å². The van der Waals surface area contributed by atoms with Gasteiger partial charge in [0, 0.05) is 25.5 Å². The summed E-state index contributed by atoms with van der Waals surface area (Å²) in [4.78, 5) is 33.3.